The second-order valence-electron chi connectivity index (χ2n) is 6.28. The Morgan fingerprint density at radius 1 is 1.04 bits per heavy atom. The van der Waals surface area contributed by atoms with Gasteiger partial charge in [0.2, 0.25) is 10.0 Å². The summed E-state index contributed by atoms with van der Waals surface area (Å²) in [6.45, 7) is 2.36. The fourth-order valence-electron chi connectivity index (χ4n) is 2.73. The highest BCUT2D eigenvalue weighted by atomic mass is 32.2. The number of para-hydroxylation sites is 1. The van der Waals surface area contributed by atoms with Crippen molar-refractivity contribution in [2.45, 2.75) is 19.8 Å². The Labute approximate surface area is 160 Å². The molecule has 3 aromatic rings. The summed E-state index contributed by atoms with van der Waals surface area (Å²) in [6.07, 6.45) is 5.08. The highest BCUT2D eigenvalue weighted by Crippen LogP contribution is 2.13. The zero-order chi connectivity index (χ0) is 19.1. The Balaban J connectivity index is 1.51. The molecule has 0 spiro atoms. The molecule has 2 aromatic carbocycles. The summed E-state index contributed by atoms with van der Waals surface area (Å²) in [5.41, 5.74) is 3.95. The second kappa shape index (κ2) is 8.79. The van der Waals surface area contributed by atoms with Crippen LogP contribution in [-0.4, -0.2) is 24.7 Å². The number of aryl methyl sites for hydroxylation is 2. The van der Waals surface area contributed by atoms with Gasteiger partial charge in [0.15, 0.2) is 0 Å². The van der Waals surface area contributed by atoms with Crippen LogP contribution in [0, 0.1) is 6.92 Å². The van der Waals surface area contributed by atoms with Crippen LogP contribution in [0.15, 0.2) is 72.3 Å². The van der Waals surface area contributed by atoms with Gasteiger partial charge in [0.05, 0.1) is 11.4 Å². The highest BCUT2D eigenvalue weighted by molar-refractivity contribution is 7.92. The standard InChI is InChI=1S/C21H23N3O2S/c1-18-20(17-24(23-18)21-12-6-3-7-13-21)11-8-15-22-27(25,26)16-14-19-9-4-2-5-10-19/h2-7,9-10,12-14,16-17,22H,8,11,15H2,1H3. The molecule has 0 bridgehead atoms. The third kappa shape index (κ3) is 5.64. The maximum absolute atomic E-state index is 12.1. The van der Waals surface area contributed by atoms with Gasteiger partial charge in [-0.2, -0.15) is 5.10 Å². The van der Waals surface area contributed by atoms with Crippen LogP contribution in [0.3, 0.4) is 0 Å². The quantitative estimate of drug-likeness (QED) is 0.605. The van der Waals surface area contributed by atoms with Gasteiger partial charge in [0, 0.05) is 18.1 Å². The summed E-state index contributed by atoms with van der Waals surface area (Å²) in [4.78, 5) is 0. The van der Waals surface area contributed by atoms with Crippen molar-refractivity contribution in [1.82, 2.24) is 14.5 Å². The lowest BCUT2D eigenvalue weighted by Gasteiger charge is -2.03. The third-order valence-corrected chi connectivity index (χ3v) is 5.29. The number of hydrogen-bond acceptors (Lipinski definition) is 3. The molecule has 0 saturated heterocycles. The first-order valence-corrected chi connectivity index (χ1v) is 10.4. The molecule has 0 amide bonds. The molecule has 0 aliphatic heterocycles. The largest absolute Gasteiger partial charge is 0.240 e. The van der Waals surface area contributed by atoms with Gasteiger partial charge in [-0.25, -0.2) is 17.8 Å². The molecule has 0 saturated carbocycles. The molecule has 140 valence electrons. The van der Waals surface area contributed by atoms with Crippen LogP contribution in [-0.2, 0) is 16.4 Å². The normalized spacial score (nSPS) is 11.9. The van der Waals surface area contributed by atoms with Gasteiger partial charge in [0.1, 0.15) is 0 Å². The predicted molar refractivity (Wildman–Crippen MR) is 109 cm³/mol. The van der Waals surface area contributed by atoms with E-state index in [9.17, 15) is 8.42 Å². The number of benzene rings is 2. The van der Waals surface area contributed by atoms with Crippen LogP contribution in [0.1, 0.15) is 23.2 Å². The van der Waals surface area contributed by atoms with Gasteiger partial charge in [-0.3, -0.25) is 0 Å². The van der Waals surface area contributed by atoms with Crippen LogP contribution in [0.25, 0.3) is 11.8 Å². The van der Waals surface area contributed by atoms with Crippen molar-refractivity contribution < 1.29 is 8.42 Å². The molecule has 3 rings (SSSR count). The molecule has 1 aromatic heterocycles. The average molecular weight is 382 g/mol. The van der Waals surface area contributed by atoms with E-state index in [0.29, 0.717) is 13.0 Å². The lowest BCUT2D eigenvalue weighted by atomic mass is 10.1. The Hall–Kier alpha value is -2.70. The third-order valence-electron chi connectivity index (χ3n) is 4.19. The fourth-order valence-corrected chi connectivity index (χ4v) is 3.59. The summed E-state index contributed by atoms with van der Waals surface area (Å²) in [6, 6.07) is 19.3. The van der Waals surface area contributed by atoms with Crippen molar-refractivity contribution in [3.63, 3.8) is 0 Å². The smallest absolute Gasteiger partial charge is 0.233 e. The SMILES string of the molecule is Cc1nn(-c2ccccc2)cc1CCCNS(=O)(=O)C=Cc1ccccc1. The van der Waals surface area contributed by atoms with Gasteiger partial charge in [-0.1, -0.05) is 48.5 Å². The van der Waals surface area contributed by atoms with E-state index in [-0.39, 0.29) is 0 Å². The van der Waals surface area contributed by atoms with E-state index in [0.717, 1.165) is 28.9 Å². The van der Waals surface area contributed by atoms with E-state index in [1.807, 2.05) is 78.5 Å². The number of sulfonamides is 1. The minimum Gasteiger partial charge on any atom is -0.240 e. The zero-order valence-corrected chi connectivity index (χ0v) is 16.1. The van der Waals surface area contributed by atoms with E-state index in [4.69, 9.17) is 0 Å². The molecule has 1 heterocycles. The van der Waals surface area contributed by atoms with Crippen molar-refractivity contribution in [2.75, 3.05) is 6.54 Å². The summed E-state index contributed by atoms with van der Waals surface area (Å²) < 4.78 is 28.6. The van der Waals surface area contributed by atoms with Gasteiger partial charge in [-0.05, 0) is 49.1 Å². The number of hydrogen-bond donors (Lipinski definition) is 1. The van der Waals surface area contributed by atoms with Gasteiger partial charge < -0.3 is 0 Å². The molecule has 0 fully saturated rings. The van der Waals surface area contributed by atoms with Crippen LogP contribution >= 0.6 is 0 Å². The number of rotatable bonds is 8. The van der Waals surface area contributed by atoms with Crippen molar-refractivity contribution in [3.8, 4) is 5.69 Å². The van der Waals surface area contributed by atoms with Gasteiger partial charge in [0.25, 0.3) is 0 Å². The minimum atomic E-state index is -3.43. The number of nitrogens with one attached hydrogen (secondary N) is 1. The first-order valence-electron chi connectivity index (χ1n) is 8.87. The van der Waals surface area contributed by atoms with E-state index in [1.165, 1.54) is 5.41 Å². The van der Waals surface area contributed by atoms with E-state index < -0.39 is 10.0 Å². The average Bonchev–Trinajstić information content (AvgIpc) is 3.06. The van der Waals surface area contributed by atoms with Crippen molar-refractivity contribution in [2.24, 2.45) is 0 Å². The Bertz CT molecular complexity index is 994. The first kappa shape index (κ1) is 19.1. The van der Waals surface area contributed by atoms with E-state index in [2.05, 4.69) is 9.82 Å². The lowest BCUT2D eigenvalue weighted by Crippen LogP contribution is -2.22. The van der Waals surface area contributed by atoms with Crippen LogP contribution in [0.4, 0.5) is 0 Å². The summed E-state index contributed by atoms with van der Waals surface area (Å²) in [5.74, 6) is 0. The number of nitrogens with zero attached hydrogens (tertiary/aromatic N) is 2. The molecule has 0 radical (unpaired) electrons. The molecular formula is C21H23N3O2S. The van der Waals surface area contributed by atoms with E-state index in [1.54, 1.807) is 6.08 Å². The monoisotopic (exact) mass is 381 g/mol. The Kier molecular flexibility index (Phi) is 6.21. The maximum Gasteiger partial charge on any atom is 0.233 e. The van der Waals surface area contributed by atoms with Crippen LogP contribution in [0.5, 0.6) is 0 Å². The zero-order valence-electron chi connectivity index (χ0n) is 15.2. The van der Waals surface area contributed by atoms with Crippen molar-refractivity contribution in [3.05, 3.63) is 89.1 Å². The summed E-state index contributed by atoms with van der Waals surface area (Å²) >= 11 is 0. The molecule has 5 nitrogen and oxygen atoms in total. The molecule has 27 heavy (non-hydrogen) atoms. The summed E-state index contributed by atoms with van der Waals surface area (Å²) in [7, 11) is -3.43. The topological polar surface area (TPSA) is 64.0 Å². The molecule has 0 aliphatic carbocycles. The second-order valence-corrected chi connectivity index (χ2v) is 7.93. The molecule has 0 atom stereocenters. The van der Waals surface area contributed by atoms with Gasteiger partial charge >= 0.3 is 0 Å². The molecular weight excluding hydrogens is 358 g/mol. The minimum absolute atomic E-state index is 0.386. The maximum atomic E-state index is 12.1. The Morgan fingerprint density at radius 2 is 1.70 bits per heavy atom. The Morgan fingerprint density at radius 3 is 2.41 bits per heavy atom. The lowest BCUT2D eigenvalue weighted by molar-refractivity contribution is 0.588. The first-order chi connectivity index (χ1) is 13.0. The van der Waals surface area contributed by atoms with Gasteiger partial charge in [-0.15, -0.1) is 0 Å². The fraction of sp³-hybridized carbons (Fsp3) is 0.190. The number of aromatic nitrogens is 2. The predicted octanol–water partition coefficient (Wildman–Crippen LogP) is 3.70. The molecule has 1 N–H and O–H groups in total. The van der Waals surface area contributed by atoms with Crippen LogP contribution in [0.2, 0.25) is 0 Å². The molecule has 6 heteroatoms. The van der Waals surface area contributed by atoms with Crippen LogP contribution < -0.4 is 4.72 Å². The van der Waals surface area contributed by atoms with Crippen molar-refractivity contribution >= 4 is 16.1 Å². The van der Waals surface area contributed by atoms with Crippen molar-refractivity contribution in [1.29, 1.82) is 0 Å². The highest BCUT2D eigenvalue weighted by Gasteiger charge is 2.08. The van der Waals surface area contributed by atoms with E-state index >= 15 is 0 Å². The summed E-state index contributed by atoms with van der Waals surface area (Å²) in [5, 5.41) is 5.75. The molecule has 0 unspecified atom stereocenters. The molecule has 0 aliphatic rings.